The second-order valence-electron chi connectivity index (χ2n) is 6.95. The maximum atomic E-state index is 12.9. The van der Waals surface area contributed by atoms with Gasteiger partial charge in [0.25, 0.3) is 11.6 Å². The van der Waals surface area contributed by atoms with Crippen LogP contribution < -0.4 is 10.6 Å². The van der Waals surface area contributed by atoms with Crippen molar-refractivity contribution in [2.45, 2.75) is 44.7 Å². The van der Waals surface area contributed by atoms with Crippen LogP contribution in [-0.4, -0.2) is 53.4 Å². The Bertz CT molecular complexity index is 721. The van der Waals surface area contributed by atoms with E-state index in [0.717, 1.165) is 32.4 Å². The Hall–Kier alpha value is -2.19. The van der Waals surface area contributed by atoms with Gasteiger partial charge < -0.3 is 15.5 Å². The molecule has 2 fully saturated rings. The molecule has 2 aliphatic heterocycles. The number of amides is 2. The largest absolute Gasteiger partial charge is 0.351 e. The number of rotatable bonds is 4. The molecule has 1 atom stereocenters. The Morgan fingerprint density at radius 2 is 1.96 bits per heavy atom. The molecule has 0 spiro atoms. The fraction of sp³-hybridized carbons (Fsp3) is 0.556. The minimum atomic E-state index is -0.465. The molecular formula is C18H25ClN4O4. The summed E-state index contributed by atoms with van der Waals surface area (Å²) in [7, 11) is 0. The van der Waals surface area contributed by atoms with E-state index in [1.165, 1.54) is 18.2 Å². The van der Waals surface area contributed by atoms with E-state index in [1.807, 2.05) is 0 Å². The Balaban J connectivity index is 0.00000261. The highest BCUT2D eigenvalue weighted by Crippen LogP contribution is 2.24. The molecule has 1 aromatic rings. The van der Waals surface area contributed by atoms with E-state index >= 15 is 0 Å². The molecule has 0 saturated carbocycles. The van der Waals surface area contributed by atoms with Crippen molar-refractivity contribution in [2.75, 3.05) is 19.6 Å². The molecule has 0 bridgehead atoms. The van der Waals surface area contributed by atoms with Crippen LogP contribution in [0.25, 0.3) is 0 Å². The number of hydrogen-bond donors (Lipinski definition) is 2. The summed E-state index contributed by atoms with van der Waals surface area (Å²) in [5.74, 6) is -0.340. The van der Waals surface area contributed by atoms with Crippen LogP contribution in [0.4, 0.5) is 5.69 Å². The van der Waals surface area contributed by atoms with Crippen LogP contribution in [0, 0.1) is 17.0 Å². The van der Waals surface area contributed by atoms with E-state index in [9.17, 15) is 19.7 Å². The standard InChI is InChI=1S/C18H24N4O4.ClH/c1-12-11-13(4-5-15(12)22(25)26)18(24)21-10-2-3-16(21)17(23)20-14-6-8-19-9-7-14;/h4-5,11,14,16,19H,2-3,6-10H2,1H3,(H,20,23);1H. The van der Waals surface area contributed by atoms with Crippen LogP contribution in [0.1, 0.15) is 41.6 Å². The van der Waals surface area contributed by atoms with Crippen molar-refractivity contribution < 1.29 is 14.5 Å². The van der Waals surface area contributed by atoms with E-state index in [1.54, 1.807) is 11.8 Å². The fourth-order valence-corrected chi connectivity index (χ4v) is 3.71. The minimum Gasteiger partial charge on any atom is -0.351 e. The summed E-state index contributed by atoms with van der Waals surface area (Å²) in [6, 6.07) is 4.03. The van der Waals surface area contributed by atoms with Crippen LogP contribution in [0.2, 0.25) is 0 Å². The van der Waals surface area contributed by atoms with Crippen molar-refractivity contribution >= 4 is 29.9 Å². The molecule has 148 valence electrons. The number of hydrogen-bond acceptors (Lipinski definition) is 5. The highest BCUT2D eigenvalue weighted by molar-refractivity contribution is 5.98. The fourth-order valence-electron chi connectivity index (χ4n) is 3.71. The second-order valence-corrected chi connectivity index (χ2v) is 6.95. The number of halogens is 1. The van der Waals surface area contributed by atoms with Crippen molar-refractivity contribution in [3.63, 3.8) is 0 Å². The van der Waals surface area contributed by atoms with E-state index in [0.29, 0.717) is 24.1 Å². The molecule has 0 radical (unpaired) electrons. The number of nitro benzene ring substituents is 1. The predicted octanol–water partition coefficient (Wildman–Crippen LogP) is 1.80. The number of nitrogens with one attached hydrogen (secondary N) is 2. The average Bonchev–Trinajstić information content (AvgIpc) is 3.11. The molecule has 2 heterocycles. The first-order chi connectivity index (χ1) is 12.5. The monoisotopic (exact) mass is 396 g/mol. The highest BCUT2D eigenvalue weighted by Gasteiger charge is 2.35. The van der Waals surface area contributed by atoms with Gasteiger partial charge in [-0.2, -0.15) is 0 Å². The molecule has 2 amide bonds. The normalized spacial score (nSPS) is 20.0. The third-order valence-corrected chi connectivity index (χ3v) is 5.14. The zero-order valence-corrected chi connectivity index (χ0v) is 16.1. The third-order valence-electron chi connectivity index (χ3n) is 5.14. The lowest BCUT2D eigenvalue weighted by atomic mass is 10.1. The number of aryl methyl sites for hydroxylation is 1. The van der Waals surface area contributed by atoms with Gasteiger partial charge in [0.2, 0.25) is 5.91 Å². The van der Waals surface area contributed by atoms with Gasteiger partial charge in [-0.15, -0.1) is 12.4 Å². The van der Waals surface area contributed by atoms with Crippen LogP contribution in [0.15, 0.2) is 18.2 Å². The summed E-state index contributed by atoms with van der Waals surface area (Å²) in [5.41, 5.74) is 0.814. The molecule has 2 saturated heterocycles. The maximum Gasteiger partial charge on any atom is 0.272 e. The lowest BCUT2D eigenvalue weighted by Gasteiger charge is -2.28. The molecule has 0 aromatic heterocycles. The van der Waals surface area contributed by atoms with E-state index < -0.39 is 11.0 Å². The summed E-state index contributed by atoms with van der Waals surface area (Å²) in [6.07, 6.45) is 3.22. The van der Waals surface area contributed by atoms with Gasteiger partial charge in [0.05, 0.1) is 4.92 Å². The molecular weight excluding hydrogens is 372 g/mol. The van der Waals surface area contributed by atoms with Crippen LogP contribution in [0.5, 0.6) is 0 Å². The molecule has 9 heteroatoms. The smallest absolute Gasteiger partial charge is 0.272 e. The molecule has 1 aromatic carbocycles. The second kappa shape index (κ2) is 9.14. The Labute approximate surface area is 164 Å². The van der Waals surface area contributed by atoms with Crippen molar-refractivity contribution in [1.82, 2.24) is 15.5 Å². The van der Waals surface area contributed by atoms with Crippen molar-refractivity contribution in [3.8, 4) is 0 Å². The molecule has 2 N–H and O–H groups in total. The molecule has 8 nitrogen and oxygen atoms in total. The van der Waals surface area contributed by atoms with Crippen molar-refractivity contribution in [3.05, 3.63) is 39.4 Å². The first-order valence-electron chi connectivity index (χ1n) is 9.04. The summed E-state index contributed by atoms with van der Waals surface area (Å²) >= 11 is 0. The Morgan fingerprint density at radius 3 is 2.59 bits per heavy atom. The topological polar surface area (TPSA) is 105 Å². The zero-order valence-electron chi connectivity index (χ0n) is 15.3. The van der Waals surface area contributed by atoms with Crippen LogP contribution in [0.3, 0.4) is 0 Å². The van der Waals surface area contributed by atoms with Gasteiger partial charge in [-0.1, -0.05) is 0 Å². The van der Waals surface area contributed by atoms with Gasteiger partial charge in [0, 0.05) is 29.8 Å². The summed E-state index contributed by atoms with van der Waals surface area (Å²) in [6.45, 7) is 3.92. The van der Waals surface area contributed by atoms with Crippen molar-refractivity contribution in [1.29, 1.82) is 0 Å². The van der Waals surface area contributed by atoms with Gasteiger partial charge in [0.1, 0.15) is 6.04 Å². The number of nitrogens with zero attached hydrogens (tertiary/aromatic N) is 2. The first-order valence-corrected chi connectivity index (χ1v) is 9.04. The molecule has 0 aliphatic carbocycles. The summed E-state index contributed by atoms with van der Waals surface area (Å²) < 4.78 is 0. The van der Waals surface area contributed by atoms with E-state index in [-0.39, 0.29) is 36.0 Å². The number of likely N-dealkylation sites (tertiary alicyclic amines) is 1. The average molecular weight is 397 g/mol. The zero-order chi connectivity index (χ0) is 18.7. The Kier molecular flexibility index (Phi) is 7.15. The minimum absolute atomic E-state index is 0. The van der Waals surface area contributed by atoms with E-state index in [2.05, 4.69) is 10.6 Å². The number of nitro groups is 1. The van der Waals surface area contributed by atoms with Crippen molar-refractivity contribution in [2.24, 2.45) is 0 Å². The Morgan fingerprint density at radius 1 is 1.26 bits per heavy atom. The first kappa shape index (κ1) is 21.1. The van der Waals surface area contributed by atoms with Gasteiger partial charge >= 0.3 is 0 Å². The van der Waals surface area contributed by atoms with Crippen LogP contribution in [-0.2, 0) is 4.79 Å². The highest BCUT2D eigenvalue weighted by atomic mass is 35.5. The lowest BCUT2D eigenvalue weighted by molar-refractivity contribution is -0.385. The van der Waals surface area contributed by atoms with E-state index in [4.69, 9.17) is 0 Å². The van der Waals surface area contributed by atoms with Gasteiger partial charge in [-0.3, -0.25) is 19.7 Å². The number of benzene rings is 1. The van der Waals surface area contributed by atoms with Crippen LogP contribution >= 0.6 is 12.4 Å². The summed E-state index contributed by atoms with van der Waals surface area (Å²) in [5, 5.41) is 17.3. The number of carbonyl (C=O) groups is 2. The quantitative estimate of drug-likeness (QED) is 0.596. The van der Waals surface area contributed by atoms with Gasteiger partial charge in [0.15, 0.2) is 0 Å². The van der Waals surface area contributed by atoms with Gasteiger partial charge in [-0.05, 0) is 57.8 Å². The predicted molar refractivity (Wildman–Crippen MR) is 103 cm³/mol. The molecule has 2 aliphatic rings. The maximum absolute atomic E-state index is 12.9. The lowest BCUT2D eigenvalue weighted by Crippen LogP contribution is -2.51. The third kappa shape index (κ3) is 4.75. The number of carbonyl (C=O) groups excluding carboxylic acids is 2. The molecule has 1 unspecified atom stereocenters. The molecule has 3 rings (SSSR count). The number of piperidine rings is 1. The van der Waals surface area contributed by atoms with Gasteiger partial charge in [-0.25, -0.2) is 0 Å². The molecule has 27 heavy (non-hydrogen) atoms. The summed E-state index contributed by atoms with van der Waals surface area (Å²) in [4.78, 5) is 37.6. The SMILES string of the molecule is Cc1cc(C(=O)N2CCCC2C(=O)NC2CCNCC2)ccc1[N+](=O)[O-].Cl.